The average Bonchev–Trinajstić information content (AvgIpc) is 2.48. The number of halogens is 2. The second-order valence-corrected chi connectivity index (χ2v) is 5.85. The Morgan fingerprint density at radius 3 is 2.52 bits per heavy atom. The van der Waals surface area contributed by atoms with Gasteiger partial charge in [0.25, 0.3) is 0 Å². The van der Waals surface area contributed by atoms with Crippen molar-refractivity contribution in [1.29, 1.82) is 0 Å². The van der Waals surface area contributed by atoms with E-state index in [1.807, 2.05) is 44.3 Å². The molecule has 0 saturated carbocycles. The number of benzene rings is 2. The van der Waals surface area contributed by atoms with Crippen LogP contribution in [0.15, 0.2) is 36.4 Å². The van der Waals surface area contributed by atoms with Crippen molar-refractivity contribution >= 4 is 23.2 Å². The van der Waals surface area contributed by atoms with Crippen LogP contribution in [0.1, 0.15) is 22.7 Å². The van der Waals surface area contributed by atoms with E-state index in [1.165, 1.54) is 5.56 Å². The number of hydrogen-bond donors (Lipinski definition) is 1. The van der Waals surface area contributed by atoms with Crippen molar-refractivity contribution in [2.45, 2.75) is 19.4 Å². The van der Waals surface area contributed by atoms with Gasteiger partial charge in [0.15, 0.2) is 0 Å². The molecule has 1 unspecified atom stereocenters. The maximum atomic E-state index is 6.10. The molecule has 2 nitrogen and oxygen atoms in total. The summed E-state index contributed by atoms with van der Waals surface area (Å²) in [5, 5.41) is 4.84. The first-order valence-electron chi connectivity index (χ1n) is 6.81. The lowest BCUT2D eigenvalue weighted by Crippen LogP contribution is -2.19. The van der Waals surface area contributed by atoms with Gasteiger partial charge in [-0.15, -0.1) is 0 Å². The van der Waals surface area contributed by atoms with Gasteiger partial charge in [-0.1, -0.05) is 35.3 Å². The Labute approximate surface area is 136 Å². The standard InChI is InChI=1S/C17H19Cl2NO/c1-11-8-12(4-6-15(11)19)16(20-2)10-13-9-14(18)5-7-17(13)21-3/h4-9,16,20H,10H2,1-3H3. The predicted octanol–water partition coefficient (Wildman–Crippen LogP) is 4.81. The number of nitrogens with one attached hydrogen (secondary N) is 1. The molecule has 2 aromatic carbocycles. The zero-order chi connectivity index (χ0) is 15.4. The van der Waals surface area contributed by atoms with Crippen molar-refractivity contribution in [3.05, 3.63) is 63.1 Å². The quantitative estimate of drug-likeness (QED) is 0.852. The van der Waals surface area contributed by atoms with Crippen molar-refractivity contribution in [1.82, 2.24) is 5.32 Å². The maximum Gasteiger partial charge on any atom is 0.122 e. The van der Waals surface area contributed by atoms with Gasteiger partial charge in [0, 0.05) is 16.1 Å². The molecule has 0 spiro atoms. The highest BCUT2D eigenvalue weighted by Gasteiger charge is 2.14. The zero-order valence-electron chi connectivity index (χ0n) is 12.4. The molecule has 0 aliphatic rings. The topological polar surface area (TPSA) is 21.3 Å². The van der Waals surface area contributed by atoms with E-state index in [2.05, 4.69) is 11.4 Å². The number of ether oxygens (including phenoxy) is 1. The highest BCUT2D eigenvalue weighted by atomic mass is 35.5. The van der Waals surface area contributed by atoms with Gasteiger partial charge in [0.05, 0.1) is 7.11 Å². The molecule has 0 aliphatic carbocycles. The Balaban J connectivity index is 2.30. The summed E-state index contributed by atoms with van der Waals surface area (Å²) in [5.74, 6) is 0.852. The second kappa shape index (κ2) is 7.17. The van der Waals surface area contributed by atoms with Gasteiger partial charge in [-0.25, -0.2) is 0 Å². The van der Waals surface area contributed by atoms with Crippen LogP contribution in [0.4, 0.5) is 0 Å². The molecule has 0 heterocycles. The molecule has 4 heteroatoms. The van der Waals surface area contributed by atoms with Gasteiger partial charge in [-0.3, -0.25) is 0 Å². The van der Waals surface area contributed by atoms with E-state index in [-0.39, 0.29) is 6.04 Å². The van der Waals surface area contributed by atoms with Gasteiger partial charge in [0.2, 0.25) is 0 Å². The minimum atomic E-state index is 0.174. The molecule has 0 aromatic heterocycles. The smallest absolute Gasteiger partial charge is 0.122 e. The first-order valence-corrected chi connectivity index (χ1v) is 7.56. The highest BCUT2D eigenvalue weighted by Crippen LogP contribution is 2.29. The van der Waals surface area contributed by atoms with E-state index in [0.717, 1.165) is 28.3 Å². The Morgan fingerprint density at radius 1 is 1.14 bits per heavy atom. The van der Waals surface area contributed by atoms with Gasteiger partial charge >= 0.3 is 0 Å². The third-order valence-corrected chi connectivity index (χ3v) is 4.26. The van der Waals surface area contributed by atoms with E-state index >= 15 is 0 Å². The van der Waals surface area contributed by atoms with Crippen LogP contribution >= 0.6 is 23.2 Å². The molecular formula is C17H19Cl2NO. The lowest BCUT2D eigenvalue weighted by Gasteiger charge is -2.19. The minimum Gasteiger partial charge on any atom is -0.496 e. The van der Waals surface area contributed by atoms with E-state index < -0.39 is 0 Å². The van der Waals surface area contributed by atoms with E-state index in [0.29, 0.717) is 5.02 Å². The van der Waals surface area contributed by atoms with Gasteiger partial charge in [-0.2, -0.15) is 0 Å². The summed E-state index contributed by atoms with van der Waals surface area (Å²) in [6.07, 6.45) is 0.793. The average molecular weight is 324 g/mol. The number of rotatable bonds is 5. The molecule has 1 N–H and O–H groups in total. The first kappa shape index (κ1) is 16.2. The molecule has 0 aliphatic heterocycles. The fourth-order valence-electron chi connectivity index (χ4n) is 2.40. The molecule has 2 rings (SSSR count). The molecule has 112 valence electrons. The second-order valence-electron chi connectivity index (χ2n) is 5.01. The Hall–Kier alpha value is -1.22. The first-order chi connectivity index (χ1) is 10.0. The summed E-state index contributed by atoms with van der Waals surface area (Å²) in [4.78, 5) is 0. The summed E-state index contributed by atoms with van der Waals surface area (Å²) >= 11 is 12.2. The number of aryl methyl sites for hydroxylation is 1. The monoisotopic (exact) mass is 323 g/mol. The van der Waals surface area contributed by atoms with Crippen molar-refractivity contribution in [2.75, 3.05) is 14.2 Å². The van der Waals surface area contributed by atoms with Crippen LogP contribution < -0.4 is 10.1 Å². The van der Waals surface area contributed by atoms with Gasteiger partial charge in [0.1, 0.15) is 5.75 Å². The third-order valence-electron chi connectivity index (χ3n) is 3.60. The molecule has 0 fully saturated rings. The van der Waals surface area contributed by atoms with Crippen molar-refractivity contribution < 1.29 is 4.74 Å². The number of methoxy groups -OCH3 is 1. The fourth-order valence-corrected chi connectivity index (χ4v) is 2.71. The van der Waals surface area contributed by atoms with E-state index in [4.69, 9.17) is 27.9 Å². The van der Waals surface area contributed by atoms with Crippen LogP contribution in [0.2, 0.25) is 10.0 Å². The normalized spacial score (nSPS) is 12.2. The summed E-state index contributed by atoms with van der Waals surface area (Å²) in [7, 11) is 3.62. The van der Waals surface area contributed by atoms with Crippen molar-refractivity contribution in [3.8, 4) is 5.75 Å². The molecular weight excluding hydrogens is 305 g/mol. The Kier molecular flexibility index (Phi) is 5.51. The summed E-state index contributed by atoms with van der Waals surface area (Å²) in [6, 6.07) is 12.0. The number of likely N-dealkylation sites (N-methyl/N-ethyl adjacent to an activating group) is 1. The van der Waals surface area contributed by atoms with Gasteiger partial charge < -0.3 is 10.1 Å². The van der Waals surface area contributed by atoms with Crippen molar-refractivity contribution in [2.24, 2.45) is 0 Å². The minimum absolute atomic E-state index is 0.174. The summed E-state index contributed by atoms with van der Waals surface area (Å²) < 4.78 is 5.42. The van der Waals surface area contributed by atoms with E-state index in [9.17, 15) is 0 Å². The number of hydrogen-bond acceptors (Lipinski definition) is 2. The molecule has 0 bridgehead atoms. The third kappa shape index (κ3) is 3.91. The van der Waals surface area contributed by atoms with Crippen LogP contribution in [0.3, 0.4) is 0 Å². The highest BCUT2D eigenvalue weighted by molar-refractivity contribution is 6.31. The predicted molar refractivity (Wildman–Crippen MR) is 89.7 cm³/mol. The summed E-state index contributed by atoms with van der Waals surface area (Å²) in [5.41, 5.74) is 3.35. The lowest BCUT2D eigenvalue weighted by atomic mass is 9.97. The maximum absolute atomic E-state index is 6.10. The van der Waals surface area contributed by atoms with Crippen LogP contribution in [0.5, 0.6) is 5.75 Å². The zero-order valence-corrected chi connectivity index (χ0v) is 13.9. The SMILES string of the molecule is CNC(Cc1cc(Cl)ccc1OC)c1ccc(Cl)c(C)c1. The molecule has 21 heavy (non-hydrogen) atoms. The van der Waals surface area contributed by atoms with Gasteiger partial charge in [-0.05, 0) is 61.3 Å². The van der Waals surface area contributed by atoms with Crippen LogP contribution in [0.25, 0.3) is 0 Å². The lowest BCUT2D eigenvalue weighted by molar-refractivity contribution is 0.406. The molecule has 2 aromatic rings. The molecule has 1 atom stereocenters. The summed E-state index contributed by atoms with van der Waals surface area (Å²) in [6.45, 7) is 2.01. The van der Waals surface area contributed by atoms with Crippen molar-refractivity contribution in [3.63, 3.8) is 0 Å². The van der Waals surface area contributed by atoms with E-state index in [1.54, 1.807) is 7.11 Å². The molecule has 0 radical (unpaired) electrons. The molecule has 0 amide bonds. The van der Waals surface area contributed by atoms with Crippen LogP contribution in [-0.2, 0) is 6.42 Å². The fraction of sp³-hybridized carbons (Fsp3) is 0.294. The Bertz CT molecular complexity index is 628. The Morgan fingerprint density at radius 2 is 1.90 bits per heavy atom. The molecule has 0 saturated heterocycles. The van der Waals surface area contributed by atoms with Crippen LogP contribution in [0, 0.1) is 6.92 Å². The largest absolute Gasteiger partial charge is 0.496 e. The van der Waals surface area contributed by atoms with Crippen LogP contribution in [-0.4, -0.2) is 14.2 Å².